The molecule has 0 bridgehead atoms. The molecule has 3 rings (SSSR count). The van der Waals surface area contributed by atoms with Gasteiger partial charge in [0, 0.05) is 23.5 Å². The Kier molecular flexibility index (Phi) is 5.39. The van der Waals surface area contributed by atoms with E-state index in [-0.39, 0.29) is 12.3 Å². The molecule has 1 aliphatic rings. The Hall–Kier alpha value is -1.93. The van der Waals surface area contributed by atoms with Crippen molar-refractivity contribution in [2.24, 2.45) is 0 Å². The van der Waals surface area contributed by atoms with Crippen LogP contribution in [0.2, 0.25) is 0 Å². The lowest BCUT2D eigenvalue weighted by Gasteiger charge is -2.10. The van der Waals surface area contributed by atoms with Gasteiger partial charge in [-0.2, -0.15) is 13.2 Å². The van der Waals surface area contributed by atoms with E-state index in [2.05, 4.69) is 15.6 Å². The number of rotatable bonds is 5. The van der Waals surface area contributed by atoms with Crippen molar-refractivity contribution in [1.29, 1.82) is 0 Å². The number of nitrogens with zero attached hydrogens (tertiary/aromatic N) is 1. The third kappa shape index (κ3) is 4.79. The summed E-state index contributed by atoms with van der Waals surface area (Å²) in [5.41, 5.74) is 0.263. The molecule has 25 heavy (non-hydrogen) atoms. The van der Waals surface area contributed by atoms with Crippen LogP contribution in [0.3, 0.4) is 0 Å². The molecule has 1 unspecified atom stereocenters. The SMILES string of the molecule is O=C(Cc1csc(-c2cccc(C(F)(F)F)c2)n1)NCC1CCCN1. The van der Waals surface area contributed by atoms with E-state index in [1.54, 1.807) is 11.4 Å². The first-order valence-electron chi connectivity index (χ1n) is 8.04. The molecule has 1 aromatic heterocycles. The van der Waals surface area contributed by atoms with Gasteiger partial charge in [0.25, 0.3) is 0 Å². The monoisotopic (exact) mass is 369 g/mol. The topological polar surface area (TPSA) is 54.0 Å². The summed E-state index contributed by atoms with van der Waals surface area (Å²) in [6.07, 6.45) is -2.09. The van der Waals surface area contributed by atoms with Gasteiger partial charge in [0.05, 0.1) is 17.7 Å². The average Bonchev–Trinajstić information content (AvgIpc) is 3.24. The molecule has 2 heterocycles. The number of benzene rings is 1. The fraction of sp³-hybridized carbons (Fsp3) is 0.412. The van der Waals surface area contributed by atoms with Gasteiger partial charge >= 0.3 is 6.18 Å². The van der Waals surface area contributed by atoms with Crippen LogP contribution in [-0.4, -0.2) is 30.0 Å². The first-order chi connectivity index (χ1) is 11.9. The Bertz CT molecular complexity index is 739. The fourth-order valence-corrected chi connectivity index (χ4v) is 3.56. The summed E-state index contributed by atoms with van der Waals surface area (Å²) in [5.74, 6) is -0.130. The molecule has 1 amide bonds. The summed E-state index contributed by atoms with van der Waals surface area (Å²) in [5, 5.41) is 8.35. The van der Waals surface area contributed by atoms with Gasteiger partial charge in [-0.3, -0.25) is 4.79 Å². The number of hydrogen-bond acceptors (Lipinski definition) is 4. The molecular weight excluding hydrogens is 351 g/mol. The zero-order valence-electron chi connectivity index (χ0n) is 13.4. The lowest BCUT2D eigenvalue weighted by Crippen LogP contribution is -2.37. The van der Waals surface area contributed by atoms with Gasteiger partial charge < -0.3 is 10.6 Å². The fourth-order valence-electron chi connectivity index (χ4n) is 2.74. The van der Waals surface area contributed by atoms with Gasteiger partial charge in [0.1, 0.15) is 5.01 Å². The molecule has 0 spiro atoms. The molecule has 1 aliphatic heterocycles. The van der Waals surface area contributed by atoms with Gasteiger partial charge in [-0.15, -0.1) is 11.3 Å². The summed E-state index contributed by atoms with van der Waals surface area (Å²) in [4.78, 5) is 16.3. The van der Waals surface area contributed by atoms with E-state index < -0.39 is 11.7 Å². The molecule has 0 saturated carbocycles. The first-order valence-corrected chi connectivity index (χ1v) is 8.92. The molecular formula is C17H18F3N3OS. The highest BCUT2D eigenvalue weighted by Crippen LogP contribution is 2.33. The average molecular weight is 369 g/mol. The van der Waals surface area contributed by atoms with Gasteiger partial charge in [-0.1, -0.05) is 12.1 Å². The number of halogens is 3. The van der Waals surface area contributed by atoms with Crippen molar-refractivity contribution in [3.8, 4) is 10.6 Å². The minimum absolute atomic E-state index is 0.127. The lowest BCUT2D eigenvalue weighted by molar-refractivity contribution is -0.137. The van der Waals surface area contributed by atoms with Gasteiger partial charge in [-0.05, 0) is 31.5 Å². The summed E-state index contributed by atoms with van der Waals surface area (Å²) >= 11 is 1.24. The summed E-state index contributed by atoms with van der Waals surface area (Å²) in [7, 11) is 0. The van der Waals surface area contributed by atoms with Gasteiger partial charge in [0.2, 0.25) is 5.91 Å². The van der Waals surface area contributed by atoms with E-state index in [4.69, 9.17) is 0 Å². The molecule has 8 heteroatoms. The normalized spacial score (nSPS) is 17.6. The predicted molar refractivity (Wildman–Crippen MR) is 90.3 cm³/mol. The van der Waals surface area contributed by atoms with Crippen molar-refractivity contribution >= 4 is 17.2 Å². The minimum atomic E-state index is -4.38. The Balaban J connectivity index is 1.61. The molecule has 134 valence electrons. The van der Waals surface area contributed by atoms with E-state index in [0.717, 1.165) is 31.5 Å². The Morgan fingerprint density at radius 3 is 2.96 bits per heavy atom. The van der Waals surface area contributed by atoms with Gasteiger partial charge in [-0.25, -0.2) is 4.98 Å². The first kappa shape index (κ1) is 17.9. The highest BCUT2D eigenvalue weighted by atomic mass is 32.1. The standard InChI is InChI=1S/C17H18F3N3OS/c18-17(19,20)12-4-1-3-11(7-12)16-23-14(10-25-16)8-15(24)22-9-13-5-2-6-21-13/h1,3-4,7,10,13,21H,2,5-6,8-9H2,(H,22,24). The molecule has 1 saturated heterocycles. The minimum Gasteiger partial charge on any atom is -0.354 e. The number of carbonyl (C=O) groups excluding carboxylic acids is 1. The van der Waals surface area contributed by atoms with E-state index in [1.165, 1.54) is 17.4 Å². The van der Waals surface area contributed by atoms with Crippen molar-refractivity contribution in [3.05, 3.63) is 40.9 Å². The van der Waals surface area contributed by atoms with Crippen LogP contribution in [-0.2, 0) is 17.4 Å². The van der Waals surface area contributed by atoms with Crippen LogP contribution in [0.25, 0.3) is 10.6 Å². The number of alkyl halides is 3. The molecule has 4 nitrogen and oxygen atoms in total. The quantitative estimate of drug-likeness (QED) is 0.851. The Morgan fingerprint density at radius 2 is 2.24 bits per heavy atom. The second kappa shape index (κ2) is 7.53. The van der Waals surface area contributed by atoms with E-state index in [9.17, 15) is 18.0 Å². The number of thiazole rings is 1. The van der Waals surface area contributed by atoms with Crippen LogP contribution in [0.1, 0.15) is 24.1 Å². The maximum atomic E-state index is 12.8. The molecule has 1 atom stereocenters. The zero-order valence-corrected chi connectivity index (χ0v) is 14.2. The highest BCUT2D eigenvalue weighted by Gasteiger charge is 2.30. The molecule has 2 N–H and O–H groups in total. The van der Waals surface area contributed by atoms with Crippen LogP contribution < -0.4 is 10.6 Å². The van der Waals surface area contributed by atoms with Crippen LogP contribution in [0, 0.1) is 0 Å². The van der Waals surface area contributed by atoms with Crippen molar-refractivity contribution in [3.63, 3.8) is 0 Å². The number of hydrogen-bond donors (Lipinski definition) is 2. The number of nitrogens with one attached hydrogen (secondary N) is 2. The highest BCUT2D eigenvalue weighted by molar-refractivity contribution is 7.13. The molecule has 0 radical (unpaired) electrons. The predicted octanol–water partition coefficient (Wildman–Crippen LogP) is 3.24. The molecule has 0 aliphatic carbocycles. The van der Waals surface area contributed by atoms with Crippen molar-refractivity contribution in [2.45, 2.75) is 31.5 Å². The van der Waals surface area contributed by atoms with Crippen LogP contribution in [0.4, 0.5) is 13.2 Å². The van der Waals surface area contributed by atoms with Crippen molar-refractivity contribution in [1.82, 2.24) is 15.6 Å². The second-order valence-electron chi connectivity index (χ2n) is 6.00. The second-order valence-corrected chi connectivity index (χ2v) is 6.85. The number of carbonyl (C=O) groups is 1. The molecule has 2 aromatic rings. The number of aromatic nitrogens is 1. The molecule has 1 fully saturated rings. The smallest absolute Gasteiger partial charge is 0.354 e. The largest absolute Gasteiger partial charge is 0.416 e. The zero-order chi connectivity index (χ0) is 17.9. The number of amides is 1. The van der Waals surface area contributed by atoms with Gasteiger partial charge in [0.15, 0.2) is 0 Å². The van der Waals surface area contributed by atoms with Crippen LogP contribution >= 0.6 is 11.3 Å². The summed E-state index contributed by atoms with van der Waals surface area (Å²) in [6.45, 7) is 1.57. The Morgan fingerprint density at radius 1 is 1.40 bits per heavy atom. The van der Waals surface area contributed by atoms with Crippen LogP contribution in [0.15, 0.2) is 29.6 Å². The molecule has 1 aromatic carbocycles. The van der Waals surface area contributed by atoms with Crippen molar-refractivity contribution < 1.29 is 18.0 Å². The summed E-state index contributed by atoms with van der Waals surface area (Å²) in [6, 6.07) is 5.38. The van der Waals surface area contributed by atoms with E-state index in [1.807, 2.05) is 0 Å². The van der Waals surface area contributed by atoms with Crippen LogP contribution in [0.5, 0.6) is 0 Å². The summed E-state index contributed by atoms with van der Waals surface area (Å²) < 4.78 is 38.4. The third-order valence-corrected chi connectivity index (χ3v) is 4.98. The maximum Gasteiger partial charge on any atom is 0.416 e. The van der Waals surface area contributed by atoms with Crippen molar-refractivity contribution in [2.75, 3.05) is 13.1 Å². The van der Waals surface area contributed by atoms with E-state index in [0.29, 0.717) is 28.9 Å². The Labute approximate surface area is 147 Å². The third-order valence-electron chi connectivity index (χ3n) is 4.04. The lowest BCUT2D eigenvalue weighted by atomic mass is 10.1. The maximum absolute atomic E-state index is 12.8. The van der Waals surface area contributed by atoms with E-state index >= 15 is 0 Å².